The predicted molar refractivity (Wildman–Crippen MR) is 99.8 cm³/mol. The van der Waals surface area contributed by atoms with Gasteiger partial charge in [-0.15, -0.1) is 5.10 Å². The van der Waals surface area contributed by atoms with Gasteiger partial charge in [0, 0.05) is 16.1 Å². The van der Waals surface area contributed by atoms with E-state index in [9.17, 15) is 4.79 Å². The number of carbonyl (C=O) groups is 1. The van der Waals surface area contributed by atoms with E-state index >= 15 is 0 Å². The second-order valence-corrected chi connectivity index (χ2v) is 8.06. The van der Waals surface area contributed by atoms with E-state index in [1.807, 2.05) is 24.3 Å². The van der Waals surface area contributed by atoms with Crippen LogP contribution in [0.2, 0.25) is 0 Å². The molecule has 1 aliphatic carbocycles. The van der Waals surface area contributed by atoms with E-state index in [4.69, 9.17) is 0 Å². The number of carbonyl (C=O) groups excluding carboxylic acids is 1. The van der Waals surface area contributed by atoms with Gasteiger partial charge in [0.05, 0.1) is 5.75 Å². The average molecular weight is 409 g/mol. The largest absolute Gasteiger partial charge is 0.352 e. The first-order valence-electron chi connectivity index (χ1n) is 8.22. The van der Waals surface area contributed by atoms with Crippen molar-refractivity contribution < 1.29 is 4.79 Å². The van der Waals surface area contributed by atoms with E-state index in [1.165, 1.54) is 31.0 Å². The predicted octanol–water partition coefficient (Wildman–Crippen LogP) is 4.02. The Labute approximate surface area is 154 Å². The Bertz CT molecular complexity index is 688. The van der Waals surface area contributed by atoms with Crippen molar-refractivity contribution in [1.82, 2.24) is 20.5 Å². The molecule has 1 aromatic carbocycles. The van der Waals surface area contributed by atoms with Gasteiger partial charge in [-0.3, -0.25) is 9.89 Å². The zero-order valence-corrected chi connectivity index (χ0v) is 16.0. The molecule has 2 N–H and O–H groups in total. The molecular formula is C17H21BrN4OS. The van der Waals surface area contributed by atoms with Crippen LogP contribution >= 0.6 is 27.7 Å². The van der Waals surface area contributed by atoms with Gasteiger partial charge in [-0.05, 0) is 30.9 Å². The van der Waals surface area contributed by atoms with Gasteiger partial charge in [-0.1, -0.05) is 59.6 Å². The monoisotopic (exact) mass is 408 g/mol. The fraction of sp³-hybridized carbons (Fsp3) is 0.471. The standard InChI is InChI=1S/C17H21BrN4OS/c1-11-4-2-3-5-14(11)19-15(23)10-24-17-20-16(21-22-17)12-6-8-13(18)9-7-12/h6-9,11,14H,2-5,10H2,1H3,(H,19,23)(H,20,21,22)/t11-,14-/m0/s1. The van der Waals surface area contributed by atoms with Crippen LogP contribution in [0.15, 0.2) is 33.9 Å². The van der Waals surface area contributed by atoms with E-state index in [0.717, 1.165) is 16.5 Å². The number of rotatable bonds is 5. The van der Waals surface area contributed by atoms with E-state index in [0.29, 0.717) is 28.7 Å². The zero-order valence-electron chi connectivity index (χ0n) is 13.6. The lowest BCUT2D eigenvalue weighted by Gasteiger charge is -2.29. The van der Waals surface area contributed by atoms with Crippen LogP contribution < -0.4 is 5.32 Å². The van der Waals surface area contributed by atoms with Gasteiger partial charge < -0.3 is 5.32 Å². The van der Waals surface area contributed by atoms with Crippen molar-refractivity contribution >= 4 is 33.6 Å². The van der Waals surface area contributed by atoms with Crippen molar-refractivity contribution in [2.24, 2.45) is 5.92 Å². The third-order valence-corrected chi connectivity index (χ3v) is 5.75. The Hall–Kier alpha value is -1.34. The summed E-state index contributed by atoms with van der Waals surface area (Å²) in [5, 5.41) is 10.9. The van der Waals surface area contributed by atoms with Crippen LogP contribution in [-0.2, 0) is 4.79 Å². The fourth-order valence-electron chi connectivity index (χ4n) is 2.96. The Morgan fingerprint density at radius 1 is 1.33 bits per heavy atom. The van der Waals surface area contributed by atoms with Crippen LogP contribution in [0.3, 0.4) is 0 Å². The molecule has 0 radical (unpaired) electrons. The van der Waals surface area contributed by atoms with E-state index in [-0.39, 0.29) is 5.91 Å². The van der Waals surface area contributed by atoms with Crippen molar-refractivity contribution in [2.45, 2.75) is 43.8 Å². The van der Waals surface area contributed by atoms with E-state index in [2.05, 4.69) is 43.4 Å². The number of aromatic amines is 1. The highest BCUT2D eigenvalue weighted by Gasteiger charge is 2.22. The number of benzene rings is 1. The minimum atomic E-state index is 0.0636. The van der Waals surface area contributed by atoms with Crippen LogP contribution in [0.25, 0.3) is 11.4 Å². The smallest absolute Gasteiger partial charge is 0.230 e. The lowest BCUT2D eigenvalue weighted by molar-refractivity contribution is -0.119. The van der Waals surface area contributed by atoms with Gasteiger partial charge >= 0.3 is 0 Å². The third-order valence-electron chi connectivity index (χ3n) is 4.37. The molecule has 0 spiro atoms. The van der Waals surface area contributed by atoms with Gasteiger partial charge in [-0.2, -0.15) is 0 Å². The average Bonchev–Trinajstić information content (AvgIpc) is 3.05. The number of nitrogens with one attached hydrogen (secondary N) is 2. The Morgan fingerprint density at radius 2 is 2.08 bits per heavy atom. The second kappa shape index (κ2) is 8.16. The maximum Gasteiger partial charge on any atom is 0.230 e. The van der Waals surface area contributed by atoms with E-state index < -0.39 is 0 Å². The summed E-state index contributed by atoms with van der Waals surface area (Å²) in [5.74, 6) is 1.70. The third kappa shape index (κ3) is 4.60. The van der Waals surface area contributed by atoms with Crippen molar-refractivity contribution in [3.8, 4) is 11.4 Å². The molecule has 0 saturated heterocycles. The molecular weight excluding hydrogens is 388 g/mol. The van der Waals surface area contributed by atoms with Crippen molar-refractivity contribution in [3.05, 3.63) is 28.7 Å². The number of amides is 1. The molecule has 1 aromatic heterocycles. The van der Waals surface area contributed by atoms with Gasteiger partial charge in [0.15, 0.2) is 5.82 Å². The number of hydrogen-bond acceptors (Lipinski definition) is 4. The molecule has 1 aliphatic rings. The molecule has 2 atom stereocenters. The van der Waals surface area contributed by atoms with Gasteiger partial charge in [0.2, 0.25) is 11.1 Å². The normalized spacial score (nSPS) is 20.8. The highest BCUT2D eigenvalue weighted by atomic mass is 79.9. The first-order chi connectivity index (χ1) is 11.6. The minimum absolute atomic E-state index is 0.0636. The Morgan fingerprint density at radius 3 is 2.83 bits per heavy atom. The molecule has 5 nitrogen and oxygen atoms in total. The molecule has 1 fully saturated rings. The van der Waals surface area contributed by atoms with E-state index in [1.54, 1.807) is 0 Å². The first kappa shape index (κ1) is 17.5. The summed E-state index contributed by atoms with van der Waals surface area (Å²) in [6, 6.07) is 8.18. The fourth-order valence-corrected chi connectivity index (χ4v) is 3.83. The van der Waals surface area contributed by atoms with Crippen LogP contribution in [0.1, 0.15) is 32.6 Å². The molecule has 3 rings (SSSR count). The zero-order chi connectivity index (χ0) is 16.9. The summed E-state index contributed by atoms with van der Waals surface area (Å²) < 4.78 is 1.02. The molecule has 1 amide bonds. The summed E-state index contributed by atoms with van der Waals surface area (Å²) in [6.45, 7) is 2.22. The van der Waals surface area contributed by atoms with Gasteiger partial charge in [0.1, 0.15) is 0 Å². The highest BCUT2D eigenvalue weighted by Crippen LogP contribution is 2.24. The first-order valence-corrected chi connectivity index (χ1v) is 10.00. The van der Waals surface area contributed by atoms with Crippen LogP contribution in [0, 0.1) is 5.92 Å². The van der Waals surface area contributed by atoms with Crippen molar-refractivity contribution in [3.63, 3.8) is 0 Å². The topological polar surface area (TPSA) is 70.7 Å². The molecule has 0 aliphatic heterocycles. The number of H-pyrrole nitrogens is 1. The molecule has 0 bridgehead atoms. The number of aromatic nitrogens is 3. The quantitative estimate of drug-likeness (QED) is 0.732. The highest BCUT2D eigenvalue weighted by molar-refractivity contribution is 9.10. The number of nitrogens with zero attached hydrogens (tertiary/aromatic N) is 2. The van der Waals surface area contributed by atoms with Gasteiger partial charge in [-0.25, -0.2) is 4.98 Å². The number of halogens is 1. The molecule has 0 unspecified atom stereocenters. The molecule has 128 valence electrons. The second-order valence-electron chi connectivity index (χ2n) is 6.20. The summed E-state index contributed by atoms with van der Waals surface area (Å²) >= 11 is 4.78. The summed E-state index contributed by atoms with van der Waals surface area (Å²) in [4.78, 5) is 16.6. The van der Waals surface area contributed by atoms with Crippen LogP contribution in [0.4, 0.5) is 0 Å². The number of thioether (sulfide) groups is 1. The maximum absolute atomic E-state index is 12.1. The lowest BCUT2D eigenvalue weighted by atomic mass is 9.86. The SMILES string of the molecule is C[C@H]1CCCC[C@@H]1NC(=O)CSc1n[nH]c(-c2ccc(Br)cc2)n1. The molecule has 1 heterocycles. The Balaban J connectivity index is 1.51. The van der Waals surface area contributed by atoms with Crippen molar-refractivity contribution in [1.29, 1.82) is 0 Å². The molecule has 7 heteroatoms. The maximum atomic E-state index is 12.1. The lowest BCUT2D eigenvalue weighted by Crippen LogP contribution is -2.41. The molecule has 24 heavy (non-hydrogen) atoms. The summed E-state index contributed by atoms with van der Waals surface area (Å²) in [7, 11) is 0. The van der Waals surface area contributed by atoms with Crippen LogP contribution in [0.5, 0.6) is 0 Å². The van der Waals surface area contributed by atoms with Crippen LogP contribution in [-0.4, -0.2) is 32.9 Å². The number of hydrogen-bond donors (Lipinski definition) is 2. The molecule has 1 saturated carbocycles. The Kier molecular flexibility index (Phi) is 5.94. The summed E-state index contributed by atoms with van der Waals surface area (Å²) in [6.07, 6.45) is 4.78. The van der Waals surface area contributed by atoms with Crippen molar-refractivity contribution in [2.75, 3.05) is 5.75 Å². The minimum Gasteiger partial charge on any atom is -0.352 e. The van der Waals surface area contributed by atoms with Gasteiger partial charge in [0.25, 0.3) is 0 Å². The summed E-state index contributed by atoms with van der Waals surface area (Å²) in [5.41, 5.74) is 0.970. The molecule has 2 aromatic rings.